The van der Waals surface area contributed by atoms with Gasteiger partial charge in [-0.15, -0.1) is 6.07 Å². The number of hydrogen-bond donors (Lipinski definition) is 0. The zero-order chi connectivity index (χ0) is 9.35. The van der Waals surface area contributed by atoms with E-state index in [0.29, 0.717) is 0 Å². The van der Waals surface area contributed by atoms with Crippen LogP contribution in [-0.4, -0.2) is 23.1 Å². The van der Waals surface area contributed by atoms with Crippen LogP contribution in [0.3, 0.4) is 0 Å². The van der Waals surface area contributed by atoms with Crippen molar-refractivity contribution in [3.05, 3.63) is 41.3 Å². The second kappa shape index (κ2) is 5.95. The van der Waals surface area contributed by atoms with Gasteiger partial charge in [-0.2, -0.15) is 37.3 Å². The average molecular weight is 253 g/mol. The maximum absolute atomic E-state index is 12.0. The summed E-state index contributed by atoms with van der Waals surface area (Å²) in [6.45, 7) is 3.36. The number of rotatable bonds is 0. The van der Waals surface area contributed by atoms with Crippen molar-refractivity contribution in [3.63, 3.8) is 0 Å². The van der Waals surface area contributed by atoms with Crippen molar-refractivity contribution in [3.8, 4) is 0 Å². The molecule has 1 aromatic rings. The van der Waals surface area contributed by atoms with Gasteiger partial charge in [-0.05, 0) is 5.56 Å². The molecule has 0 aromatic heterocycles. The molecule has 0 heterocycles. The Bertz CT molecular complexity index is 299. The monoisotopic (exact) mass is 252 g/mol. The summed E-state index contributed by atoms with van der Waals surface area (Å²) in [5, 5.41) is 0.239. The molecule has 74 valence electrons. The third kappa shape index (κ3) is 4.17. The second-order valence-corrected chi connectivity index (χ2v) is 2.71. The van der Waals surface area contributed by atoms with Gasteiger partial charge in [0.05, 0.1) is 0 Å². The molecule has 14 heavy (non-hydrogen) atoms. The average Bonchev–Trinajstić information content (AvgIpc) is 1.92. The first-order chi connectivity index (χ1) is 5.41. The Balaban J connectivity index is 0. The largest absolute Gasteiger partial charge is 2.00 e. The fourth-order valence-corrected chi connectivity index (χ4v) is 0.869. The standard InChI is InChI=1S/C8H5ClF3.ClH.Mg/c1-5-4-6(8(10,11)12)2-3-7(5)9;;/h2-4H,1H2;1H;/q-1;;+2/p-1. The van der Waals surface area contributed by atoms with Crippen LogP contribution in [0.1, 0.15) is 11.1 Å². The summed E-state index contributed by atoms with van der Waals surface area (Å²) in [7, 11) is 0. The minimum Gasteiger partial charge on any atom is -1.00 e. The van der Waals surface area contributed by atoms with Crippen molar-refractivity contribution in [2.75, 3.05) is 0 Å². The fraction of sp³-hybridized carbons (Fsp3) is 0.125. The molecule has 0 aliphatic carbocycles. The summed E-state index contributed by atoms with van der Waals surface area (Å²) in [4.78, 5) is 0. The van der Waals surface area contributed by atoms with Crippen LogP contribution in [0.4, 0.5) is 13.2 Å². The van der Waals surface area contributed by atoms with E-state index < -0.39 is 11.7 Å². The predicted octanol–water partition coefficient (Wildman–Crippen LogP) is 0.164. The molecule has 0 amide bonds. The van der Waals surface area contributed by atoms with Crippen LogP contribution >= 0.6 is 11.6 Å². The van der Waals surface area contributed by atoms with E-state index in [9.17, 15) is 13.2 Å². The molecule has 0 atom stereocenters. The van der Waals surface area contributed by atoms with E-state index in [2.05, 4.69) is 6.92 Å². The van der Waals surface area contributed by atoms with Crippen LogP contribution in [0.25, 0.3) is 0 Å². The number of benzene rings is 1. The van der Waals surface area contributed by atoms with E-state index in [-0.39, 0.29) is 46.0 Å². The molecule has 0 aliphatic heterocycles. The zero-order valence-electron chi connectivity index (χ0n) is 7.04. The Morgan fingerprint density at radius 3 is 2.07 bits per heavy atom. The molecule has 0 unspecified atom stereocenters. The normalized spacial score (nSPS) is 10.0. The summed E-state index contributed by atoms with van der Waals surface area (Å²) in [6, 6.07) is 3.03. The van der Waals surface area contributed by atoms with E-state index in [1.54, 1.807) is 0 Å². The number of hydrogen-bond acceptors (Lipinski definition) is 0. The SMILES string of the molecule is [CH2-]c1cc(C(F)(F)F)ccc1Cl.[Cl-].[Mg+2]. The molecule has 6 heteroatoms. The first-order valence-electron chi connectivity index (χ1n) is 3.10. The van der Waals surface area contributed by atoms with Gasteiger partial charge in [0.2, 0.25) is 0 Å². The van der Waals surface area contributed by atoms with Gasteiger partial charge in [-0.3, -0.25) is 0 Å². The van der Waals surface area contributed by atoms with Crippen LogP contribution in [0.2, 0.25) is 5.02 Å². The van der Waals surface area contributed by atoms with Crippen molar-refractivity contribution in [1.29, 1.82) is 0 Å². The quantitative estimate of drug-likeness (QED) is 0.456. The summed E-state index contributed by atoms with van der Waals surface area (Å²) in [5.41, 5.74) is -0.539. The van der Waals surface area contributed by atoms with Crippen molar-refractivity contribution in [1.82, 2.24) is 0 Å². The van der Waals surface area contributed by atoms with E-state index in [4.69, 9.17) is 11.6 Å². The molecule has 0 fully saturated rings. The van der Waals surface area contributed by atoms with Crippen LogP contribution in [0, 0.1) is 6.92 Å². The molecule has 0 radical (unpaired) electrons. The first-order valence-corrected chi connectivity index (χ1v) is 3.48. The number of halogens is 5. The van der Waals surface area contributed by atoms with E-state index in [1.807, 2.05) is 0 Å². The molecular weight excluding hydrogens is 248 g/mol. The van der Waals surface area contributed by atoms with Gasteiger partial charge >= 0.3 is 29.2 Å². The van der Waals surface area contributed by atoms with Crippen molar-refractivity contribution >= 4 is 34.7 Å². The van der Waals surface area contributed by atoms with Gasteiger partial charge in [0.15, 0.2) is 0 Å². The summed E-state index contributed by atoms with van der Waals surface area (Å²) in [5.74, 6) is 0. The molecule has 0 bridgehead atoms. The maximum Gasteiger partial charge on any atom is 2.00 e. The van der Waals surface area contributed by atoms with Crippen LogP contribution < -0.4 is 12.4 Å². The van der Waals surface area contributed by atoms with Gasteiger partial charge in [0.25, 0.3) is 0 Å². The van der Waals surface area contributed by atoms with Crippen LogP contribution in [-0.2, 0) is 6.18 Å². The molecule has 1 rings (SSSR count). The van der Waals surface area contributed by atoms with Crippen molar-refractivity contribution in [2.24, 2.45) is 0 Å². The molecule has 0 aliphatic rings. The predicted molar refractivity (Wildman–Crippen MR) is 46.7 cm³/mol. The zero-order valence-corrected chi connectivity index (χ0v) is 9.96. The maximum atomic E-state index is 12.0. The Morgan fingerprint density at radius 2 is 1.71 bits per heavy atom. The van der Waals surface area contributed by atoms with Gasteiger partial charge in [0, 0.05) is 0 Å². The second-order valence-electron chi connectivity index (χ2n) is 2.30. The molecule has 0 spiro atoms. The van der Waals surface area contributed by atoms with E-state index >= 15 is 0 Å². The smallest absolute Gasteiger partial charge is 1.00 e. The van der Waals surface area contributed by atoms with Crippen LogP contribution in [0.15, 0.2) is 18.2 Å². The third-order valence-corrected chi connectivity index (χ3v) is 1.74. The van der Waals surface area contributed by atoms with Gasteiger partial charge < -0.3 is 12.4 Å². The molecule has 1 aromatic carbocycles. The summed E-state index contributed by atoms with van der Waals surface area (Å²) >= 11 is 5.50. The molecule has 0 N–H and O–H groups in total. The van der Waals surface area contributed by atoms with E-state index in [1.165, 1.54) is 6.07 Å². The number of alkyl halides is 3. The van der Waals surface area contributed by atoms with Gasteiger partial charge in [-0.25, -0.2) is 0 Å². The minimum absolute atomic E-state index is 0. The summed E-state index contributed by atoms with van der Waals surface area (Å²) in [6.07, 6.45) is -4.32. The van der Waals surface area contributed by atoms with Crippen molar-refractivity contribution < 1.29 is 25.6 Å². The van der Waals surface area contributed by atoms with Crippen LogP contribution in [0.5, 0.6) is 0 Å². The van der Waals surface area contributed by atoms with Crippen molar-refractivity contribution in [2.45, 2.75) is 6.18 Å². The molecule has 0 saturated carbocycles. The van der Waals surface area contributed by atoms with Gasteiger partial charge in [-0.1, -0.05) is 17.2 Å². The molecular formula is C8H5Cl2F3Mg. The fourth-order valence-electron chi connectivity index (χ4n) is 0.751. The Morgan fingerprint density at radius 1 is 1.21 bits per heavy atom. The minimum atomic E-state index is -4.32. The Hall–Kier alpha value is 0.226. The first kappa shape index (κ1) is 16.6. The summed E-state index contributed by atoms with van der Waals surface area (Å²) < 4.78 is 36.1. The van der Waals surface area contributed by atoms with Gasteiger partial charge in [0.1, 0.15) is 0 Å². The Labute approximate surface area is 107 Å². The molecule has 0 nitrogen and oxygen atoms in total. The Kier molecular flexibility index (Phi) is 7.08. The third-order valence-electron chi connectivity index (χ3n) is 1.37. The topological polar surface area (TPSA) is 0 Å². The van der Waals surface area contributed by atoms with E-state index in [0.717, 1.165) is 12.1 Å². The molecule has 0 saturated heterocycles.